The number of hydrogen-bond donors (Lipinski definition) is 3. The largest absolute Gasteiger partial charge is 0.506 e. The van der Waals surface area contributed by atoms with Gasteiger partial charge >= 0.3 is 0 Å². The molecule has 3 N–H and O–H groups in total. The molecular formula is C18H19FN2O7S2. The average Bonchev–Trinajstić information content (AvgIpc) is 2.64. The number of carbonyl (C=O) groups is 2. The minimum atomic E-state index is -4.18. The van der Waals surface area contributed by atoms with Gasteiger partial charge in [-0.05, 0) is 42.5 Å². The fourth-order valence-electron chi connectivity index (χ4n) is 2.34. The maximum absolute atomic E-state index is 12.9. The second-order valence-electron chi connectivity index (χ2n) is 6.22. The minimum absolute atomic E-state index is 0.153. The summed E-state index contributed by atoms with van der Waals surface area (Å²) < 4.78 is 60.9. The van der Waals surface area contributed by atoms with E-state index in [4.69, 9.17) is 0 Å². The quantitative estimate of drug-likeness (QED) is 0.506. The van der Waals surface area contributed by atoms with Gasteiger partial charge in [-0.25, -0.2) is 21.2 Å². The summed E-state index contributed by atoms with van der Waals surface area (Å²) in [5.74, 6) is -5.26. The average molecular weight is 458 g/mol. The van der Waals surface area contributed by atoms with Gasteiger partial charge in [0, 0.05) is 5.69 Å². The van der Waals surface area contributed by atoms with Crippen LogP contribution >= 0.6 is 0 Å². The molecule has 12 heteroatoms. The lowest BCUT2D eigenvalue weighted by Gasteiger charge is -2.10. The van der Waals surface area contributed by atoms with Gasteiger partial charge in [0.1, 0.15) is 23.1 Å². The molecule has 0 unspecified atom stereocenters. The van der Waals surface area contributed by atoms with Crippen LogP contribution in [0.4, 0.5) is 15.8 Å². The highest BCUT2D eigenvalue weighted by Gasteiger charge is 2.22. The van der Waals surface area contributed by atoms with Gasteiger partial charge in [-0.3, -0.25) is 9.59 Å². The van der Waals surface area contributed by atoms with Crippen LogP contribution in [0.15, 0.2) is 47.4 Å². The van der Waals surface area contributed by atoms with Crippen LogP contribution in [0, 0.1) is 5.82 Å². The van der Waals surface area contributed by atoms with E-state index in [9.17, 15) is 35.9 Å². The van der Waals surface area contributed by atoms with Crippen LogP contribution < -0.4 is 10.6 Å². The first-order valence-corrected chi connectivity index (χ1v) is 12.0. The van der Waals surface area contributed by atoms with Crippen molar-refractivity contribution in [1.82, 2.24) is 0 Å². The number of aromatic hydroxyl groups is 1. The number of carbonyl (C=O) groups excluding carboxylic acids is 2. The monoisotopic (exact) mass is 458 g/mol. The highest BCUT2D eigenvalue weighted by molar-refractivity contribution is 7.92. The summed E-state index contributed by atoms with van der Waals surface area (Å²) in [7, 11) is -7.80. The summed E-state index contributed by atoms with van der Waals surface area (Å²) in [6, 6.07) is 7.87. The third-order valence-corrected chi connectivity index (χ3v) is 6.95. The van der Waals surface area contributed by atoms with Crippen molar-refractivity contribution in [3.63, 3.8) is 0 Å². The van der Waals surface area contributed by atoms with Crippen molar-refractivity contribution in [1.29, 1.82) is 0 Å². The van der Waals surface area contributed by atoms with Crippen LogP contribution in [0.2, 0.25) is 0 Å². The molecule has 9 nitrogen and oxygen atoms in total. The van der Waals surface area contributed by atoms with E-state index in [0.717, 1.165) is 30.3 Å². The smallest absolute Gasteiger partial charge is 0.239 e. The molecule has 0 aliphatic heterocycles. The Morgan fingerprint density at radius 1 is 0.933 bits per heavy atom. The van der Waals surface area contributed by atoms with E-state index in [0.29, 0.717) is 0 Å². The molecule has 0 heterocycles. The van der Waals surface area contributed by atoms with Crippen molar-refractivity contribution in [2.24, 2.45) is 0 Å². The van der Waals surface area contributed by atoms with Crippen molar-refractivity contribution in [2.45, 2.75) is 11.8 Å². The van der Waals surface area contributed by atoms with Gasteiger partial charge in [-0.1, -0.05) is 6.92 Å². The fourth-order valence-corrected chi connectivity index (χ4v) is 4.29. The van der Waals surface area contributed by atoms with Gasteiger partial charge in [-0.15, -0.1) is 0 Å². The van der Waals surface area contributed by atoms with E-state index in [1.807, 2.05) is 0 Å². The summed E-state index contributed by atoms with van der Waals surface area (Å²) in [6.45, 7) is 1.42. The van der Waals surface area contributed by atoms with E-state index < -0.39 is 54.6 Å². The molecule has 2 aromatic carbocycles. The standard InChI is InChI=1S/C18H19FN2O7S2/c1-2-30(27,28)14-7-8-16(22)15(9-14)21-18(24)11-29(25,26)10-17(23)20-13-5-3-12(19)4-6-13/h3-9,22H,2,10-11H2,1H3,(H,20,23)(H,21,24). The summed E-state index contributed by atoms with van der Waals surface area (Å²) in [4.78, 5) is 23.8. The first kappa shape index (κ1) is 23.3. The van der Waals surface area contributed by atoms with Crippen molar-refractivity contribution in [3.8, 4) is 5.75 Å². The van der Waals surface area contributed by atoms with Crippen LogP contribution in [0.25, 0.3) is 0 Å². The number of amides is 2. The highest BCUT2D eigenvalue weighted by atomic mass is 32.2. The number of nitrogens with one attached hydrogen (secondary N) is 2. The molecule has 0 atom stereocenters. The Labute approximate surface area is 172 Å². The van der Waals surface area contributed by atoms with Crippen LogP contribution in [0.3, 0.4) is 0 Å². The van der Waals surface area contributed by atoms with Crippen molar-refractivity contribution >= 4 is 42.9 Å². The molecule has 2 rings (SSSR count). The van der Waals surface area contributed by atoms with Gasteiger partial charge in [0.05, 0.1) is 16.3 Å². The van der Waals surface area contributed by atoms with Crippen LogP contribution in [-0.2, 0) is 29.3 Å². The molecule has 162 valence electrons. The lowest BCUT2D eigenvalue weighted by atomic mass is 10.3. The number of benzene rings is 2. The molecule has 0 spiro atoms. The molecule has 0 bridgehead atoms. The second-order valence-corrected chi connectivity index (χ2v) is 10.6. The molecule has 0 saturated heterocycles. The Morgan fingerprint density at radius 2 is 1.50 bits per heavy atom. The topological polar surface area (TPSA) is 147 Å². The van der Waals surface area contributed by atoms with Crippen LogP contribution in [0.5, 0.6) is 5.75 Å². The Morgan fingerprint density at radius 3 is 2.07 bits per heavy atom. The molecular weight excluding hydrogens is 439 g/mol. The third kappa shape index (κ3) is 6.52. The molecule has 0 saturated carbocycles. The molecule has 0 aliphatic rings. The lowest BCUT2D eigenvalue weighted by molar-refractivity contribution is -0.114. The molecule has 2 aromatic rings. The number of hydrogen-bond acceptors (Lipinski definition) is 7. The first-order chi connectivity index (χ1) is 13.9. The number of phenols is 1. The van der Waals surface area contributed by atoms with E-state index in [1.165, 1.54) is 19.1 Å². The fraction of sp³-hybridized carbons (Fsp3) is 0.222. The zero-order chi connectivity index (χ0) is 22.5. The van der Waals surface area contributed by atoms with Crippen LogP contribution in [-0.4, -0.2) is 51.0 Å². The highest BCUT2D eigenvalue weighted by Crippen LogP contribution is 2.27. The maximum Gasteiger partial charge on any atom is 0.239 e. The number of halogens is 1. The summed E-state index contributed by atoms with van der Waals surface area (Å²) >= 11 is 0. The molecule has 0 radical (unpaired) electrons. The summed E-state index contributed by atoms with van der Waals surface area (Å²) in [5, 5.41) is 14.2. The normalized spacial score (nSPS) is 11.7. The third-order valence-electron chi connectivity index (χ3n) is 3.81. The van der Waals surface area contributed by atoms with Gasteiger partial charge in [-0.2, -0.15) is 0 Å². The van der Waals surface area contributed by atoms with Crippen molar-refractivity contribution < 1.29 is 35.9 Å². The van der Waals surface area contributed by atoms with E-state index in [2.05, 4.69) is 10.6 Å². The molecule has 0 aliphatic carbocycles. The minimum Gasteiger partial charge on any atom is -0.506 e. The first-order valence-electron chi connectivity index (χ1n) is 8.53. The van der Waals surface area contributed by atoms with Crippen molar-refractivity contribution in [3.05, 3.63) is 48.3 Å². The van der Waals surface area contributed by atoms with Gasteiger partial charge in [0.15, 0.2) is 19.7 Å². The summed E-state index contributed by atoms with van der Waals surface area (Å²) in [6.07, 6.45) is 0. The van der Waals surface area contributed by atoms with Crippen LogP contribution in [0.1, 0.15) is 6.92 Å². The molecule has 30 heavy (non-hydrogen) atoms. The Balaban J connectivity index is 2.03. The SMILES string of the molecule is CCS(=O)(=O)c1ccc(O)c(NC(=O)CS(=O)(=O)CC(=O)Nc2ccc(F)cc2)c1. The number of phenolic OH excluding ortho intramolecular Hbond substituents is 1. The van der Waals surface area contributed by atoms with E-state index in [1.54, 1.807) is 0 Å². The Kier molecular flexibility index (Phi) is 7.16. The summed E-state index contributed by atoms with van der Waals surface area (Å²) in [5.41, 5.74) is -0.0968. The number of anilines is 2. The number of rotatable bonds is 8. The van der Waals surface area contributed by atoms with E-state index in [-0.39, 0.29) is 22.0 Å². The van der Waals surface area contributed by atoms with Gasteiger partial charge < -0.3 is 15.7 Å². The van der Waals surface area contributed by atoms with E-state index >= 15 is 0 Å². The van der Waals surface area contributed by atoms with Gasteiger partial charge in [0.2, 0.25) is 11.8 Å². The maximum atomic E-state index is 12.9. The predicted molar refractivity (Wildman–Crippen MR) is 108 cm³/mol. The number of sulfone groups is 2. The second kappa shape index (κ2) is 9.22. The lowest BCUT2D eigenvalue weighted by Crippen LogP contribution is -2.30. The van der Waals surface area contributed by atoms with Crippen molar-refractivity contribution in [2.75, 3.05) is 27.9 Å². The zero-order valence-electron chi connectivity index (χ0n) is 15.8. The Hall–Kier alpha value is -2.99. The molecule has 0 fully saturated rings. The Bertz CT molecular complexity index is 1160. The molecule has 0 aromatic heterocycles. The molecule has 2 amide bonds. The van der Waals surface area contributed by atoms with Gasteiger partial charge in [0.25, 0.3) is 0 Å². The zero-order valence-corrected chi connectivity index (χ0v) is 17.4. The predicted octanol–water partition coefficient (Wildman–Crippen LogP) is 1.32.